The molecule has 0 radical (unpaired) electrons. The predicted molar refractivity (Wildman–Crippen MR) is 77.8 cm³/mol. The number of carbonyl (C=O) groups excluding carboxylic acids is 1. The largest absolute Gasteiger partial charge is 0.322 e. The molecule has 2 rings (SSSR count). The van der Waals surface area contributed by atoms with Crippen molar-refractivity contribution in [1.29, 1.82) is 0 Å². The highest BCUT2D eigenvalue weighted by Gasteiger charge is 2.35. The molecule has 1 aliphatic rings. The van der Waals surface area contributed by atoms with Crippen LogP contribution in [0.2, 0.25) is 0 Å². The van der Waals surface area contributed by atoms with Gasteiger partial charge in [0.25, 0.3) is 5.91 Å². The molecule has 1 aliphatic heterocycles. The number of thioether (sulfide) groups is 1. The Kier molecular flexibility index (Phi) is 4.33. The molecule has 0 saturated heterocycles. The van der Waals surface area contributed by atoms with E-state index in [9.17, 15) is 4.79 Å². The number of fused-ring (bicyclic) bond motifs is 1. The Labute approximate surface area is 114 Å². The van der Waals surface area contributed by atoms with Crippen LogP contribution in [0.3, 0.4) is 0 Å². The number of carbonyl (C=O) groups is 1. The van der Waals surface area contributed by atoms with E-state index in [-0.39, 0.29) is 11.3 Å². The van der Waals surface area contributed by atoms with Gasteiger partial charge in [-0.1, -0.05) is 39.0 Å². The maximum Gasteiger partial charge on any atom is 0.255 e. The number of benzene rings is 1. The number of amides is 1. The first-order chi connectivity index (χ1) is 8.65. The van der Waals surface area contributed by atoms with Gasteiger partial charge in [0, 0.05) is 12.1 Å². The van der Waals surface area contributed by atoms with Gasteiger partial charge in [0.15, 0.2) is 0 Å². The molecule has 0 spiro atoms. The fourth-order valence-electron chi connectivity index (χ4n) is 2.29. The number of rotatable bonds is 5. The van der Waals surface area contributed by atoms with Crippen LogP contribution in [0.25, 0.3) is 0 Å². The third-order valence-corrected chi connectivity index (χ3v) is 4.43. The van der Waals surface area contributed by atoms with Crippen LogP contribution >= 0.6 is 11.8 Å². The normalized spacial score (nSPS) is 18.6. The van der Waals surface area contributed by atoms with Crippen molar-refractivity contribution in [2.45, 2.75) is 32.6 Å². The Morgan fingerprint density at radius 3 is 2.72 bits per heavy atom. The second kappa shape index (κ2) is 5.79. The molecule has 98 valence electrons. The highest BCUT2D eigenvalue weighted by atomic mass is 32.2. The molecular formula is C15H21NOS. The summed E-state index contributed by atoms with van der Waals surface area (Å²) in [7, 11) is 0. The molecule has 0 unspecified atom stereocenters. The van der Waals surface area contributed by atoms with Crippen LogP contribution in [0.4, 0.5) is 0 Å². The van der Waals surface area contributed by atoms with E-state index in [1.165, 1.54) is 5.56 Å². The fraction of sp³-hybridized carbons (Fsp3) is 0.533. The summed E-state index contributed by atoms with van der Waals surface area (Å²) in [6.45, 7) is 7.42. The molecule has 0 fully saturated rings. The molecule has 18 heavy (non-hydrogen) atoms. The van der Waals surface area contributed by atoms with Gasteiger partial charge in [-0.2, -0.15) is 0 Å². The Morgan fingerprint density at radius 1 is 1.33 bits per heavy atom. The molecule has 0 bridgehead atoms. The Morgan fingerprint density at radius 2 is 2.06 bits per heavy atom. The van der Waals surface area contributed by atoms with Crippen molar-refractivity contribution in [2.75, 3.05) is 12.3 Å². The summed E-state index contributed by atoms with van der Waals surface area (Å²) >= 11 is 1.85. The second-order valence-corrected chi connectivity index (χ2v) is 6.43. The zero-order valence-electron chi connectivity index (χ0n) is 11.3. The van der Waals surface area contributed by atoms with Crippen LogP contribution in [-0.2, 0) is 0 Å². The maximum absolute atomic E-state index is 12.4. The summed E-state index contributed by atoms with van der Waals surface area (Å²) in [6, 6.07) is 8.03. The quantitative estimate of drug-likeness (QED) is 0.802. The van der Waals surface area contributed by atoms with Gasteiger partial charge >= 0.3 is 0 Å². The van der Waals surface area contributed by atoms with E-state index in [0.717, 1.165) is 24.3 Å². The Bertz CT molecular complexity index is 430. The van der Waals surface area contributed by atoms with E-state index in [2.05, 4.69) is 26.8 Å². The Hall–Kier alpha value is -0.960. The molecule has 1 amide bonds. The molecule has 0 saturated carbocycles. The zero-order chi connectivity index (χ0) is 13.1. The minimum Gasteiger partial charge on any atom is -0.322 e. The fourth-order valence-corrected chi connectivity index (χ4v) is 3.37. The monoisotopic (exact) mass is 263 g/mol. The molecule has 1 aromatic rings. The van der Waals surface area contributed by atoms with E-state index in [4.69, 9.17) is 0 Å². The Balaban J connectivity index is 2.23. The summed E-state index contributed by atoms with van der Waals surface area (Å²) in [6.07, 6.45) is 1.07. The summed E-state index contributed by atoms with van der Waals surface area (Å²) in [5.41, 5.74) is 2.09. The molecular weight excluding hydrogens is 242 g/mol. The summed E-state index contributed by atoms with van der Waals surface area (Å²) in [4.78, 5) is 14.4. The van der Waals surface area contributed by atoms with Gasteiger partial charge in [-0.3, -0.25) is 4.79 Å². The van der Waals surface area contributed by atoms with Crippen molar-refractivity contribution < 1.29 is 4.79 Å². The molecule has 1 atom stereocenters. The van der Waals surface area contributed by atoms with E-state index in [0.29, 0.717) is 5.92 Å². The van der Waals surface area contributed by atoms with Gasteiger partial charge in [-0.25, -0.2) is 0 Å². The highest BCUT2D eigenvalue weighted by Crippen LogP contribution is 2.41. The molecule has 1 aromatic carbocycles. The molecule has 3 heteroatoms. The van der Waals surface area contributed by atoms with Gasteiger partial charge in [-0.15, -0.1) is 11.8 Å². The first-order valence-corrected chi connectivity index (χ1v) is 7.71. The molecule has 2 nitrogen and oxygen atoms in total. The standard InChI is InChI=1S/C15H21NOS/c1-4-18-15-13-8-6-5-7-12(13)14(17)16(15)10-9-11(2)3/h5-8,11,15H,4,9-10H2,1-3H3/t15-/m1/s1. The molecule has 0 aromatic heterocycles. The third-order valence-electron chi connectivity index (χ3n) is 3.27. The van der Waals surface area contributed by atoms with Gasteiger partial charge in [-0.05, 0) is 29.7 Å². The topological polar surface area (TPSA) is 20.3 Å². The third kappa shape index (κ3) is 2.56. The first-order valence-electron chi connectivity index (χ1n) is 6.66. The van der Waals surface area contributed by atoms with Crippen LogP contribution < -0.4 is 0 Å². The van der Waals surface area contributed by atoms with Crippen LogP contribution in [-0.4, -0.2) is 23.1 Å². The van der Waals surface area contributed by atoms with Crippen molar-refractivity contribution in [3.05, 3.63) is 35.4 Å². The first kappa shape index (κ1) is 13.5. The van der Waals surface area contributed by atoms with Crippen molar-refractivity contribution in [3.8, 4) is 0 Å². The van der Waals surface area contributed by atoms with Crippen LogP contribution in [0, 0.1) is 5.92 Å². The summed E-state index contributed by atoms with van der Waals surface area (Å²) in [5.74, 6) is 1.87. The summed E-state index contributed by atoms with van der Waals surface area (Å²) < 4.78 is 0. The summed E-state index contributed by atoms with van der Waals surface area (Å²) in [5, 5.41) is 0.220. The van der Waals surface area contributed by atoms with E-state index < -0.39 is 0 Å². The van der Waals surface area contributed by atoms with Gasteiger partial charge in [0.1, 0.15) is 5.37 Å². The van der Waals surface area contributed by atoms with Crippen molar-refractivity contribution in [3.63, 3.8) is 0 Å². The van der Waals surface area contributed by atoms with E-state index >= 15 is 0 Å². The number of hydrogen-bond donors (Lipinski definition) is 0. The van der Waals surface area contributed by atoms with Gasteiger partial charge in [0.05, 0.1) is 0 Å². The van der Waals surface area contributed by atoms with Crippen LogP contribution in [0.15, 0.2) is 24.3 Å². The van der Waals surface area contributed by atoms with Gasteiger partial charge in [0.2, 0.25) is 0 Å². The zero-order valence-corrected chi connectivity index (χ0v) is 12.2. The number of hydrogen-bond acceptors (Lipinski definition) is 2. The lowest BCUT2D eigenvalue weighted by Crippen LogP contribution is -2.28. The van der Waals surface area contributed by atoms with E-state index in [1.54, 1.807) is 0 Å². The SMILES string of the molecule is CCS[C@@H]1c2ccccc2C(=O)N1CCC(C)C. The average molecular weight is 263 g/mol. The van der Waals surface area contributed by atoms with Gasteiger partial charge < -0.3 is 4.90 Å². The molecule has 0 N–H and O–H groups in total. The average Bonchev–Trinajstić information content (AvgIpc) is 2.62. The van der Waals surface area contributed by atoms with Crippen molar-refractivity contribution in [2.24, 2.45) is 5.92 Å². The minimum absolute atomic E-state index is 0.206. The second-order valence-electron chi connectivity index (χ2n) is 5.08. The molecule has 0 aliphatic carbocycles. The predicted octanol–water partition coefficient (Wildman–Crippen LogP) is 3.94. The van der Waals surface area contributed by atoms with Crippen molar-refractivity contribution >= 4 is 17.7 Å². The lowest BCUT2D eigenvalue weighted by atomic mass is 10.1. The lowest BCUT2D eigenvalue weighted by Gasteiger charge is -2.25. The highest BCUT2D eigenvalue weighted by molar-refractivity contribution is 7.99. The smallest absolute Gasteiger partial charge is 0.255 e. The van der Waals surface area contributed by atoms with Crippen molar-refractivity contribution in [1.82, 2.24) is 4.90 Å². The van der Waals surface area contributed by atoms with Crippen LogP contribution in [0.5, 0.6) is 0 Å². The lowest BCUT2D eigenvalue weighted by molar-refractivity contribution is 0.0766. The van der Waals surface area contributed by atoms with Crippen LogP contribution in [0.1, 0.15) is 48.5 Å². The maximum atomic E-state index is 12.4. The number of nitrogens with zero attached hydrogens (tertiary/aromatic N) is 1. The molecule has 1 heterocycles. The van der Waals surface area contributed by atoms with E-state index in [1.807, 2.05) is 34.9 Å². The minimum atomic E-state index is 0.206.